The first-order chi connectivity index (χ1) is 11.1. The lowest BCUT2D eigenvalue weighted by Gasteiger charge is -2.18. The highest BCUT2D eigenvalue weighted by atomic mass is 16.5. The number of carbonyl (C=O) groups is 1. The monoisotopic (exact) mass is 314 g/mol. The smallest absolute Gasteiger partial charge is 0.257 e. The molecule has 2 aromatic rings. The van der Waals surface area contributed by atoms with E-state index in [2.05, 4.69) is 10.3 Å². The molecule has 0 radical (unpaired) electrons. The zero-order valence-electron chi connectivity index (χ0n) is 13.9. The van der Waals surface area contributed by atoms with Crippen molar-refractivity contribution in [3.63, 3.8) is 0 Å². The minimum atomic E-state index is -0.224. The Labute approximate surface area is 136 Å². The van der Waals surface area contributed by atoms with Crippen molar-refractivity contribution in [2.75, 3.05) is 13.7 Å². The number of rotatable bonds is 6. The van der Waals surface area contributed by atoms with Crippen molar-refractivity contribution in [3.8, 4) is 11.6 Å². The third-order valence-electron chi connectivity index (χ3n) is 3.50. The van der Waals surface area contributed by atoms with Crippen LogP contribution in [0.5, 0.6) is 11.6 Å². The number of hydrogen-bond donors (Lipinski definition) is 1. The second-order valence-corrected chi connectivity index (χ2v) is 5.23. The van der Waals surface area contributed by atoms with Gasteiger partial charge in [-0.15, -0.1) is 0 Å². The number of nitrogens with one attached hydrogen (secondary N) is 1. The molecule has 122 valence electrons. The maximum atomic E-state index is 12.5. The van der Waals surface area contributed by atoms with Crippen molar-refractivity contribution in [1.29, 1.82) is 0 Å². The molecule has 23 heavy (non-hydrogen) atoms. The minimum Gasteiger partial charge on any atom is -0.496 e. The average Bonchev–Trinajstić information content (AvgIpc) is 2.55. The molecule has 0 aliphatic rings. The van der Waals surface area contributed by atoms with Crippen LogP contribution < -0.4 is 14.8 Å². The fourth-order valence-electron chi connectivity index (χ4n) is 2.36. The van der Waals surface area contributed by atoms with Crippen LogP contribution in [0.1, 0.15) is 41.4 Å². The standard InChI is InChI=1S/C18H22N2O3/c1-5-23-18-14(7-6-10-19-18)17(21)20-13(3)15-11-12(2)8-9-16(15)22-4/h6-11,13H,5H2,1-4H3,(H,20,21). The zero-order valence-corrected chi connectivity index (χ0v) is 13.9. The molecule has 5 heteroatoms. The summed E-state index contributed by atoms with van der Waals surface area (Å²) in [5, 5.41) is 2.97. The first kappa shape index (κ1) is 16.8. The molecule has 1 heterocycles. The van der Waals surface area contributed by atoms with Gasteiger partial charge in [0.05, 0.1) is 19.8 Å². The molecule has 0 bridgehead atoms. The first-order valence-corrected chi connectivity index (χ1v) is 7.60. The lowest BCUT2D eigenvalue weighted by Crippen LogP contribution is -2.27. The van der Waals surface area contributed by atoms with Crippen LogP contribution >= 0.6 is 0 Å². The number of nitrogens with zero attached hydrogens (tertiary/aromatic N) is 1. The van der Waals surface area contributed by atoms with Gasteiger partial charge >= 0.3 is 0 Å². The molecule has 5 nitrogen and oxygen atoms in total. The highest BCUT2D eigenvalue weighted by Gasteiger charge is 2.18. The summed E-state index contributed by atoms with van der Waals surface area (Å²) in [6, 6.07) is 9.11. The van der Waals surface area contributed by atoms with E-state index in [0.29, 0.717) is 18.1 Å². The van der Waals surface area contributed by atoms with Crippen molar-refractivity contribution in [2.24, 2.45) is 0 Å². The Morgan fingerprint density at radius 1 is 1.35 bits per heavy atom. The molecule has 0 aliphatic carbocycles. The van der Waals surface area contributed by atoms with E-state index in [9.17, 15) is 4.79 Å². The first-order valence-electron chi connectivity index (χ1n) is 7.60. The largest absolute Gasteiger partial charge is 0.496 e. The van der Waals surface area contributed by atoms with Crippen molar-refractivity contribution in [3.05, 3.63) is 53.2 Å². The van der Waals surface area contributed by atoms with Gasteiger partial charge in [0.2, 0.25) is 5.88 Å². The molecular weight excluding hydrogens is 292 g/mol. The number of benzene rings is 1. The van der Waals surface area contributed by atoms with E-state index >= 15 is 0 Å². The van der Waals surface area contributed by atoms with E-state index in [-0.39, 0.29) is 11.9 Å². The molecule has 1 aromatic heterocycles. The van der Waals surface area contributed by atoms with Crippen LogP contribution in [0.3, 0.4) is 0 Å². The van der Waals surface area contributed by atoms with Gasteiger partial charge in [-0.1, -0.05) is 17.7 Å². The van der Waals surface area contributed by atoms with Gasteiger partial charge in [-0.3, -0.25) is 4.79 Å². The minimum absolute atomic E-state index is 0.202. The van der Waals surface area contributed by atoms with Gasteiger partial charge < -0.3 is 14.8 Å². The van der Waals surface area contributed by atoms with Gasteiger partial charge in [0, 0.05) is 11.8 Å². The number of methoxy groups -OCH3 is 1. The van der Waals surface area contributed by atoms with Crippen LogP contribution in [0.25, 0.3) is 0 Å². The van der Waals surface area contributed by atoms with E-state index in [1.807, 2.05) is 39.0 Å². The summed E-state index contributed by atoms with van der Waals surface area (Å²) in [5.74, 6) is 0.869. The number of carbonyl (C=O) groups excluding carboxylic acids is 1. The van der Waals surface area contributed by atoms with E-state index < -0.39 is 0 Å². The average molecular weight is 314 g/mol. The Hall–Kier alpha value is -2.56. The van der Waals surface area contributed by atoms with Gasteiger partial charge in [-0.2, -0.15) is 0 Å². The quantitative estimate of drug-likeness (QED) is 0.889. The molecule has 1 N–H and O–H groups in total. The summed E-state index contributed by atoms with van der Waals surface area (Å²) >= 11 is 0. The van der Waals surface area contributed by atoms with Gasteiger partial charge in [0.1, 0.15) is 11.3 Å². The molecule has 0 spiro atoms. The number of hydrogen-bond acceptors (Lipinski definition) is 4. The number of amides is 1. The van der Waals surface area contributed by atoms with E-state index in [1.165, 1.54) is 0 Å². The van der Waals surface area contributed by atoms with Crippen LogP contribution in [0.2, 0.25) is 0 Å². The number of ether oxygens (including phenoxy) is 2. The van der Waals surface area contributed by atoms with Crippen molar-refractivity contribution in [2.45, 2.75) is 26.8 Å². The van der Waals surface area contributed by atoms with Crippen LogP contribution in [-0.4, -0.2) is 24.6 Å². The summed E-state index contributed by atoms with van der Waals surface area (Å²) in [4.78, 5) is 16.6. The summed E-state index contributed by atoms with van der Waals surface area (Å²) in [7, 11) is 1.62. The third-order valence-corrected chi connectivity index (χ3v) is 3.50. The summed E-state index contributed by atoms with van der Waals surface area (Å²) in [6.45, 7) is 6.24. The maximum Gasteiger partial charge on any atom is 0.257 e. The Morgan fingerprint density at radius 3 is 2.83 bits per heavy atom. The molecule has 1 amide bonds. The van der Waals surface area contributed by atoms with Gasteiger partial charge in [-0.25, -0.2) is 4.98 Å². The lowest BCUT2D eigenvalue weighted by molar-refractivity contribution is 0.0935. The second kappa shape index (κ2) is 7.63. The summed E-state index contributed by atoms with van der Waals surface area (Å²) in [5.41, 5.74) is 2.47. The SMILES string of the molecule is CCOc1ncccc1C(=O)NC(C)c1cc(C)ccc1OC. The Kier molecular flexibility index (Phi) is 5.57. The Bertz CT molecular complexity index is 686. The molecule has 2 rings (SSSR count). The molecular formula is C18H22N2O3. The Balaban J connectivity index is 2.22. The number of aryl methyl sites for hydroxylation is 1. The van der Waals surface area contributed by atoms with Gasteiger partial charge in [-0.05, 0) is 39.0 Å². The van der Waals surface area contributed by atoms with Crippen molar-refractivity contribution < 1.29 is 14.3 Å². The van der Waals surface area contributed by atoms with Crippen LogP contribution in [0.15, 0.2) is 36.5 Å². The van der Waals surface area contributed by atoms with Crippen LogP contribution in [-0.2, 0) is 0 Å². The van der Waals surface area contributed by atoms with E-state index in [4.69, 9.17) is 9.47 Å². The normalized spacial score (nSPS) is 11.7. The molecule has 1 aromatic carbocycles. The maximum absolute atomic E-state index is 12.5. The highest BCUT2D eigenvalue weighted by molar-refractivity contribution is 5.96. The summed E-state index contributed by atoms with van der Waals surface area (Å²) in [6.07, 6.45) is 1.61. The van der Waals surface area contributed by atoms with Gasteiger partial charge in [0.15, 0.2) is 0 Å². The van der Waals surface area contributed by atoms with Crippen molar-refractivity contribution in [1.82, 2.24) is 10.3 Å². The fourth-order valence-corrected chi connectivity index (χ4v) is 2.36. The van der Waals surface area contributed by atoms with Gasteiger partial charge in [0.25, 0.3) is 5.91 Å². The van der Waals surface area contributed by atoms with E-state index in [0.717, 1.165) is 16.9 Å². The molecule has 0 saturated carbocycles. The van der Waals surface area contributed by atoms with E-state index in [1.54, 1.807) is 25.4 Å². The molecule has 0 saturated heterocycles. The zero-order chi connectivity index (χ0) is 16.8. The number of aromatic nitrogens is 1. The topological polar surface area (TPSA) is 60.5 Å². The fraction of sp³-hybridized carbons (Fsp3) is 0.333. The predicted octanol–water partition coefficient (Wildman–Crippen LogP) is 3.29. The number of pyridine rings is 1. The third kappa shape index (κ3) is 4.00. The summed E-state index contributed by atoms with van der Waals surface area (Å²) < 4.78 is 10.8. The van der Waals surface area contributed by atoms with Crippen molar-refractivity contribution >= 4 is 5.91 Å². The van der Waals surface area contributed by atoms with Crippen LogP contribution in [0.4, 0.5) is 0 Å². The molecule has 1 unspecified atom stereocenters. The Morgan fingerprint density at radius 2 is 2.13 bits per heavy atom. The van der Waals surface area contributed by atoms with Crippen LogP contribution in [0, 0.1) is 6.92 Å². The second-order valence-electron chi connectivity index (χ2n) is 5.23. The lowest BCUT2D eigenvalue weighted by atomic mass is 10.0. The molecule has 0 fully saturated rings. The predicted molar refractivity (Wildman–Crippen MR) is 89.0 cm³/mol. The highest BCUT2D eigenvalue weighted by Crippen LogP contribution is 2.26. The molecule has 0 aliphatic heterocycles. The molecule has 1 atom stereocenters.